The van der Waals surface area contributed by atoms with Crippen molar-refractivity contribution in [3.8, 4) is 0 Å². The van der Waals surface area contributed by atoms with E-state index in [0.29, 0.717) is 12.8 Å². The Labute approximate surface area is 144 Å². The first-order chi connectivity index (χ1) is 11.9. The molecule has 0 aliphatic heterocycles. The van der Waals surface area contributed by atoms with Gasteiger partial charge in [-0.2, -0.15) is 13.2 Å². The Kier molecular flexibility index (Phi) is 5.06. The van der Waals surface area contributed by atoms with Crippen LogP contribution in [0.5, 0.6) is 0 Å². The van der Waals surface area contributed by atoms with Gasteiger partial charge in [-0.1, -0.05) is 18.2 Å². The summed E-state index contributed by atoms with van der Waals surface area (Å²) < 4.78 is 37.7. The number of pyridine rings is 1. The maximum Gasteiger partial charge on any atom is 0.416 e. The molecule has 1 N–H and O–H groups in total. The van der Waals surface area contributed by atoms with Gasteiger partial charge in [-0.25, -0.2) is 0 Å². The molecule has 3 nitrogen and oxygen atoms in total. The van der Waals surface area contributed by atoms with Crippen molar-refractivity contribution in [2.45, 2.75) is 43.8 Å². The number of nitrogens with zero attached hydrogens (tertiary/aromatic N) is 1. The maximum absolute atomic E-state index is 12.6. The topological polar surface area (TPSA) is 42.0 Å². The lowest BCUT2D eigenvalue weighted by atomic mass is 9.75. The third kappa shape index (κ3) is 4.59. The van der Waals surface area contributed by atoms with Gasteiger partial charge in [-0.05, 0) is 55.0 Å². The predicted octanol–water partition coefficient (Wildman–Crippen LogP) is 4.10. The van der Waals surface area contributed by atoms with Crippen molar-refractivity contribution in [3.63, 3.8) is 0 Å². The van der Waals surface area contributed by atoms with Crippen LogP contribution in [0.25, 0.3) is 0 Å². The molecule has 1 amide bonds. The molecule has 0 unspecified atom stereocenters. The van der Waals surface area contributed by atoms with Crippen LogP contribution in [0.1, 0.15) is 42.0 Å². The highest BCUT2D eigenvalue weighted by Crippen LogP contribution is 2.38. The summed E-state index contributed by atoms with van der Waals surface area (Å²) in [5.41, 5.74) is 1.15. The van der Waals surface area contributed by atoms with Crippen LogP contribution in [0.4, 0.5) is 13.2 Å². The molecule has 0 spiro atoms. The number of carbonyl (C=O) groups is 1. The molecule has 3 rings (SSSR count). The number of hydrogen-bond acceptors (Lipinski definition) is 2. The Balaban J connectivity index is 1.42. The van der Waals surface area contributed by atoms with Crippen LogP contribution in [-0.4, -0.2) is 16.9 Å². The first-order valence-electron chi connectivity index (χ1n) is 8.28. The molecule has 0 saturated heterocycles. The summed E-state index contributed by atoms with van der Waals surface area (Å²) in [4.78, 5) is 16.1. The fourth-order valence-corrected chi connectivity index (χ4v) is 3.04. The van der Waals surface area contributed by atoms with Crippen molar-refractivity contribution in [1.82, 2.24) is 10.3 Å². The molecule has 1 aromatic carbocycles. The highest BCUT2D eigenvalue weighted by atomic mass is 19.4. The van der Waals surface area contributed by atoms with Crippen LogP contribution in [-0.2, 0) is 17.4 Å². The number of aromatic nitrogens is 1. The molecule has 1 fully saturated rings. The molecule has 6 heteroatoms. The zero-order valence-electron chi connectivity index (χ0n) is 13.6. The van der Waals surface area contributed by atoms with Gasteiger partial charge in [0.2, 0.25) is 5.91 Å². The maximum atomic E-state index is 12.6. The fourth-order valence-electron chi connectivity index (χ4n) is 3.04. The smallest absolute Gasteiger partial charge is 0.353 e. The highest BCUT2D eigenvalue weighted by Gasteiger charge is 2.33. The molecule has 2 aromatic rings. The van der Waals surface area contributed by atoms with Crippen LogP contribution in [0.3, 0.4) is 0 Å². The van der Waals surface area contributed by atoms with Crippen LogP contribution < -0.4 is 5.32 Å². The fraction of sp³-hybridized carbons (Fsp3) is 0.368. The molecule has 1 heterocycles. The van der Waals surface area contributed by atoms with E-state index in [1.54, 1.807) is 6.20 Å². The minimum atomic E-state index is -4.30. The number of nitrogens with one attached hydrogen (secondary N) is 1. The Morgan fingerprint density at radius 3 is 2.44 bits per heavy atom. The van der Waals surface area contributed by atoms with Crippen LogP contribution in [0.2, 0.25) is 0 Å². The van der Waals surface area contributed by atoms with Crippen molar-refractivity contribution in [2.75, 3.05) is 0 Å². The van der Waals surface area contributed by atoms with E-state index in [1.807, 2.05) is 18.2 Å². The monoisotopic (exact) mass is 348 g/mol. The van der Waals surface area contributed by atoms with Gasteiger partial charge in [0.25, 0.3) is 0 Å². The van der Waals surface area contributed by atoms with Crippen LogP contribution >= 0.6 is 0 Å². The predicted molar refractivity (Wildman–Crippen MR) is 87.9 cm³/mol. The Bertz CT molecular complexity index is 708. The molecule has 0 radical (unpaired) electrons. The largest absolute Gasteiger partial charge is 0.416 e. The number of alkyl halides is 3. The summed E-state index contributed by atoms with van der Waals surface area (Å²) in [6.07, 6.45) is -0.0857. The number of halogens is 3. The molecule has 0 atom stereocenters. The molecule has 1 aliphatic carbocycles. The summed E-state index contributed by atoms with van der Waals surface area (Å²) in [5.74, 6) is 0.199. The lowest BCUT2D eigenvalue weighted by molar-refractivity contribution is -0.137. The van der Waals surface area contributed by atoms with Gasteiger partial charge in [-0.15, -0.1) is 0 Å². The summed E-state index contributed by atoms with van der Waals surface area (Å²) >= 11 is 0. The normalized spacial score (nSPS) is 20.0. The van der Waals surface area contributed by atoms with Gasteiger partial charge in [-0.3, -0.25) is 9.78 Å². The third-order valence-corrected chi connectivity index (χ3v) is 4.55. The summed E-state index contributed by atoms with van der Waals surface area (Å²) in [5, 5.41) is 2.98. The van der Waals surface area contributed by atoms with E-state index >= 15 is 0 Å². The molecular formula is C19H19F3N2O. The number of hydrogen-bond donors (Lipinski definition) is 1. The van der Waals surface area contributed by atoms with Crippen molar-refractivity contribution in [3.05, 3.63) is 65.5 Å². The summed E-state index contributed by atoms with van der Waals surface area (Å²) in [6, 6.07) is 11.0. The Morgan fingerprint density at radius 1 is 1.12 bits per heavy atom. The first-order valence-corrected chi connectivity index (χ1v) is 8.28. The lowest BCUT2D eigenvalue weighted by Gasteiger charge is -2.36. The minimum absolute atomic E-state index is 0.0125. The number of benzene rings is 1. The van der Waals surface area contributed by atoms with Gasteiger partial charge in [0, 0.05) is 24.4 Å². The van der Waals surface area contributed by atoms with E-state index in [1.165, 1.54) is 12.1 Å². The number of carbonyl (C=O) groups excluding carboxylic acids is 1. The van der Waals surface area contributed by atoms with Crippen molar-refractivity contribution < 1.29 is 18.0 Å². The standard InChI is InChI=1S/C19H19F3N2O/c20-19(21,22)15-6-4-13(5-7-15)14-11-17(12-14)24-18(25)9-8-16-3-1-2-10-23-16/h1-7,10,14,17H,8-9,11-12H2,(H,24,25). The van der Waals surface area contributed by atoms with Crippen LogP contribution in [0, 0.1) is 0 Å². The average Bonchev–Trinajstić information content (AvgIpc) is 2.56. The van der Waals surface area contributed by atoms with Gasteiger partial charge in [0.05, 0.1) is 5.56 Å². The van der Waals surface area contributed by atoms with Gasteiger partial charge in [0.15, 0.2) is 0 Å². The second-order valence-corrected chi connectivity index (χ2v) is 6.37. The quantitative estimate of drug-likeness (QED) is 0.884. The number of aryl methyl sites for hydroxylation is 1. The zero-order chi connectivity index (χ0) is 17.9. The first kappa shape index (κ1) is 17.5. The molecule has 1 aromatic heterocycles. The van der Waals surface area contributed by atoms with Gasteiger partial charge >= 0.3 is 6.18 Å². The molecule has 0 bridgehead atoms. The van der Waals surface area contributed by atoms with Crippen molar-refractivity contribution in [2.24, 2.45) is 0 Å². The van der Waals surface area contributed by atoms with Gasteiger partial charge in [0.1, 0.15) is 0 Å². The Hall–Kier alpha value is -2.37. The van der Waals surface area contributed by atoms with Crippen molar-refractivity contribution in [1.29, 1.82) is 0 Å². The van der Waals surface area contributed by atoms with E-state index in [2.05, 4.69) is 10.3 Å². The molecule has 1 saturated carbocycles. The van der Waals surface area contributed by atoms with E-state index in [0.717, 1.165) is 36.2 Å². The minimum Gasteiger partial charge on any atom is -0.353 e. The highest BCUT2D eigenvalue weighted by molar-refractivity contribution is 5.76. The lowest BCUT2D eigenvalue weighted by Crippen LogP contribution is -2.43. The van der Waals surface area contributed by atoms with E-state index < -0.39 is 11.7 Å². The molecule has 1 aliphatic rings. The van der Waals surface area contributed by atoms with E-state index in [9.17, 15) is 18.0 Å². The summed E-state index contributed by atoms with van der Waals surface area (Å²) in [7, 11) is 0. The van der Waals surface area contributed by atoms with Gasteiger partial charge < -0.3 is 5.32 Å². The zero-order valence-corrected chi connectivity index (χ0v) is 13.6. The molecule has 25 heavy (non-hydrogen) atoms. The van der Waals surface area contributed by atoms with Crippen molar-refractivity contribution >= 4 is 5.91 Å². The number of rotatable bonds is 5. The molecular weight excluding hydrogens is 329 g/mol. The SMILES string of the molecule is O=C(CCc1ccccn1)NC1CC(c2ccc(C(F)(F)F)cc2)C1. The average molecular weight is 348 g/mol. The second kappa shape index (κ2) is 7.25. The Morgan fingerprint density at radius 2 is 1.84 bits per heavy atom. The van der Waals surface area contributed by atoms with E-state index in [4.69, 9.17) is 0 Å². The molecule has 132 valence electrons. The second-order valence-electron chi connectivity index (χ2n) is 6.37. The van der Waals surface area contributed by atoms with E-state index in [-0.39, 0.29) is 17.9 Å². The third-order valence-electron chi connectivity index (χ3n) is 4.55. The van der Waals surface area contributed by atoms with Crippen LogP contribution in [0.15, 0.2) is 48.7 Å². The number of amides is 1. The summed E-state index contributed by atoms with van der Waals surface area (Å²) in [6.45, 7) is 0.